The van der Waals surface area contributed by atoms with Gasteiger partial charge in [-0.3, -0.25) is 4.90 Å². The molecule has 0 amide bonds. The van der Waals surface area contributed by atoms with Gasteiger partial charge >= 0.3 is 0 Å². The first-order valence-corrected chi connectivity index (χ1v) is 8.98. The lowest BCUT2D eigenvalue weighted by Gasteiger charge is -2.52. The molecule has 0 aromatic carbocycles. The molecule has 2 saturated carbocycles. The predicted molar refractivity (Wildman–Crippen MR) is 81.5 cm³/mol. The van der Waals surface area contributed by atoms with E-state index in [1.165, 1.54) is 57.9 Å². The lowest BCUT2D eigenvalue weighted by atomic mass is 9.67. The van der Waals surface area contributed by atoms with Crippen molar-refractivity contribution < 1.29 is 5.11 Å². The molecule has 4 fully saturated rings. The Kier molecular flexibility index (Phi) is 3.03. The maximum Gasteiger partial charge on any atom is 0.0616 e. The Morgan fingerprint density at radius 2 is 1.60 bits per heavy atom. The lowest BCUT2D eigenvalue weighted by molar-refractivity contribution is -0.0707. The van der Waals surface area contributed by atoms with Crippen molar-refractivity contribution in [2.24, 2.45) is 16.7 Å². The van der Waals surface area contributed by atoms with E-state index in [9.17, 15) is 5.11 Å². The molecule has 2 aliphatic carbocycles. The highest BCUT2D eigenvalue weighted by Gasteiger charge is 2.64. The minimum Gasteiger partial charge on any atom is -0.392 e. The molecular formula is C18H31NO. The number of hydrogen-bond donors (Lipinski definition) is 1. The van der Waals surface area contributed by atoms with Crippen molar-refractivity contribution in [1.29, 1.82) is 0 Å². The van der Waals surface area contributed by atoms with Crippen LogP contribution in [0.25, 0.3) is 0 Å². The minimum absolute atomic E-state index is 0.0427. The first kappa shape index (κ1) is 13.6. The Bertz CT molecular complexity index is 371. The van der Waals surface area contributed by atoms with Crippen molar-refractivity contribution in [3.8, 4) is 0 Å². The highest BCUT2D eigenvalue weighted by atomic mass is 16.3. The number of hydrogen-bond acceptors (Lipinski definition) is 2. The molecule has 0 aromatic heterocycles. The van der Waals surface area contributed by atoms with Crippen molar-refractivity contribution >= 4 is 0 Å². The van der Waals surface area contributed by atoms with Crippen LogP contribution in [-0.2, 0) is 0 Å². The molecule has 20 heavy (non-hydrogen) atoms. The molecular weight excluding hydrogens is 246 g/mol. The number of aliphatic hydroxyl groups excluding tert-OH is 1. The number of piperidine rings is 2. The first-order valence-electron chi connectivity index (χ1n) is 8.98. The number of fused-ring (bicyclic) bond motifs is 4. The third kappa shape index (κ3) is 1.64. The number of nitrogens with zero attached hydrogens (tertiary/aromatic N) is 1. The van der Waals surface area contributed by atoms with Crippen molar-refractivity contribution in [3.63, 3.8) is 0 Å². The zero-order valence-corrected chi connectivity index (χ0v) is 13.3. The van der Waals surface area contributed by atoms with E-state index >= 15 is 0 Å². The van der Waals surface area contributed by atoms with Crippen LogP contribution >= 0.6 is 0 Å². The van der Waals surface area contributed by atoms with Crippen LogP contribution in [0, 0.1) is 16.7 Å². The fraction of sp³-hybridized carbons (Fsp3) is 1.00. The van der Waals surface area contributed by atoms with Gasteiger partial charge in [-0.25, -0.2) is 0 Å². The topological polar surface area (TPSA) is 23.5 Å². The summed E-state index contributed by atoms with van der Waals surface area (Å²) in [5, 5.41) is 10.8. The monoisotopic (exact) mass is 277 g/mol. The number of rotatable bonds is 2. The van der Waals surface area contributed by atoms with E-state index in [4.69, 9.17) is 0 Å². The SMILES string of the molecule is CC1(C)C2CCC1(CN1C3CCCC1CCC3)C(O)C2. The van der Waals surface area contributed by atoms with Gasteiger partial charge in [0.15, 0.2) is 0 Å². The maximum absolute atomic E-state index is 10.8. The highest BCUT2D eigenvalue weighted by molar-refractivity contribution is 5.14. The third-order valence-corrected chi connectivity index (χ3v) is 7.94. The fourth-order valence-corrected chi connectivity index (χ4v) is 6.43. The van der Waals surface area contributed by atoms with E-state index in [-0.39, 0.29) is 11.5 Å². The molecule has 2 nitrogen and oxygen atoms in total. The maximum atomic E-state index is 10.8. The average Bonchev–Trinajstić information content (AvgIpc) is 2.72. The Balaban J connectivity index is 1.61. The number of aliphatic hydroxyl groups is 1. The molecule has 4 rings (SSSR count). The van der Waals surface area contributed by atoms with Gasteiger partial charge in [0, 0.05) is 24.0 Å². The van der Waals surface area contributed by atoms with E-state index in [1.54, 1.807) is 0 Å². The summed E-state index contributed by atoms with van der Waals surface area (Å²) in [4.78, 5) is 2.85. The van der Waals surface area contributed by atoms with Gasteiger partial charge in [0.1, 0.15) is 0 Å². The van der Waals surface area contributed by atoms with Gasteiger partial charge in [-0.1, -0.05) is 26.7 Å². The molecule has 2 heterocycles. The summed E-state index contributed by atoms with van der Waals surface area (Å²) in [5.74, 6) is 0.766. The lowest BCUT2D eigenvalue weighted by Crippen LogP contribution is -2.57. The molecule has 4 bridgehead atoms. The van der Waals surface area contributed by atoms with E-state index in [1.807, 2.05) is 0 Å². The third-order valence-electron chi connectivity index (χ3n) is 7.94. The summed E-state index contributed by atoms with van der Waals surface area (Å²) >= 11 is 0. The Morgan fingerprint density at radius 1 is 1.00 bits per heavy atom. The summed E-state index contributed by atoms with van der Waals surface area (Å²) in [6.07, 6.45) is 12.2. The van der Waals surface area contributed by atoms with Crippen LogP contribution in [0.2, 0.25) is 0 Å². The summed E-state index contributed by atoms with van der Waals surface area (Å²) in [7, 11) is 0. The molecule has 3 atom stereocenters. The van der Waals surface area contributed by atoms with Gasteiger partial charge < -0.3 is 5.11 Å². The van der Waals surface area contributed by atoms with Crippen molar-refractivity contribution in [1.82, 2.24) is 4.90 Å². The molecule has 0 aromatic rings. The van der Waals surface area contributed by atoms with E-state index < -0.39 is 0 Å². The summed E-state index contributed by atoms with van der Waals surface area (Å²) < 4.78 is 0. The smallest absolute Gasteiger partial charge is 0.0616 e. The van der Waals surface area contributed by atoms with Crippen molar-refractivity contribution in [2.75, 3.05) is 6.54 Å². The molecule has 2 aliphatic heterocycles. The predicted octanol–water partition coefficient (Wildman–Crippen LogP) is 3.58. The van der Waals surface area contributed by atoms with Gasteiger partial charge in [0.25, 0.3) is 0 Å². The second-order valence-corrected chi connectivity index (χ2v) is 8.71. The molecule has 0 radical (unpaired) electrons. The molecule has 4 aliphatic rings. The first-order chi connectivity index (χ1) is 9.54. The van der Waals surface area contributed by atoms with Crippen LogP contribution in [0.3, 0.4) is 0 Å². The molecule has 2 saturated heterocycles. The largest absolute Gasteiger partial charge is 0.392 e. The second kappa shape index (κ2) is 4.46. The molecule has 114 valence electrons. The Hall–Kier alpha value is -0.0800. The summed E-state index contributed by atoms with van der Waals surface area (Å²) in [5.41, 5.74) is 0.543. The summed E-state index contributed by atoms with van der Waals surface area (Å²) in [6.45, 7) is 6.08. The van der Waals surface area contributed by atoms with Gasteiger partial charge in [-0.05, 0) is 56.3 Å². The fourth-order valence-electron chi connectivity index (χ4n) is 6.43. The van der Waals surface area contributed by atoms with Crippen molar-refractivity contribution in [2.45, 2.75) is 89.8 Å². The van der Waals surface area contributed by atoms with Gasteiger partial charge in [0.2, 0.25) is 0 Å². The standard InChI is InChI=1S/C18H31NO/c1-17(2)13-9-10-18(17,16(20)11-13)12-19-14-5-3-6-15(19)8-4-7-14/h13-16,20H,3-12H2,1-2H3. The zero-order valence-electron chi connectivity index (χ0n) is 13.3. The van der Waals surface area contributed by atoms with Crippen LogP contribution in [0.5, 0.6) is 0 Å². The Morgan fingerprint density at radius 3 is 2.05 bits per heavy atom. The Labute approximate surface area is 123 Å². The minimum atomic E-state index is -0.0427. The average molecular weight is 277 g/mol. The summed E-state index contributed by atoms with van der Waals surface area (Å²) in [6, 6.07) is 1.67. The van der Waals surface area contributed by atoms with Gasteiger partial charge in [-0.15, -0.1) is 0 Å². The zero-order chi connectivity index (χ0) is 14.0. The van der Waals surface area contributed by atoms with Crippen LogP contribution in [-0.4, -0.2) is 34.7 Å². The van der Waals surface area contributed by atoms with Gasteiger partial charge in [0.05, 0.1) is 6.10 Å². The quantitative estimate of drug-likeness (QED) is 0.834. The van der Waals surface area contributed by atoms with Crippen molar-refractivity contribution in [3.05, 3.63) is 0 Å². The van der Waals surface area contributed by atoms with E-state index in [0.717, 1.165) is 24.4 Å². The normalized spacial score (nSPS) is 50.5. The van der Waals surface area contributed by atoms with Crippen LogP contribution in [0.15, 0.2) is 0 Å². The van der Waals surface area contributed by atoms with Crippen LogP contribution < -0.4 is 0 Å². The second-order valence-electron chi connectivity index (χ2n) is 8.71. The van der Waals surface area contributed by atoms with Crippen LogP contribution in [0.4, 0.5) is 0 Å². The molecule has 0 spiro atoms. The highest BCUT2D eigenvalue weighted by Crippen LogP contribution is 2.66. The van der Waals surface area contributed by atoms with Crippen LogP contribution in [0.1, 0.15) is 71.6 Å². The molecule has 3 unspecified atom stereocenters. The molecule has 1 N–H and O–H groups in total. The van der Waals surface area contributed by atoms with E-state index in [2.05, 4.69) is 18.7 Å². The molecule has 2 heteroatoms. The van der Waals surface area contributed by atoms with Gasteiger partial charge in [-0.2, -0.15) is 0 Å². The van der Waals surface area contributed by atoms with E-state index in [0.29, 0.717) is 5.41 Å².